The highest BCUT2D eigenvalue weighted by atomic mass is 32.2. The molecule has 2 saturated carbocycles. The predicted octanol–water partition coefficient (Wildman–Crippen LogP) is 4.11. The zero-order valence-corrected chi connectivity index (χ0v) is 13.1. The van der Waals surface area contributed by atoms with Gasteiger partial charge in [0, 0.05) is 5.25 Å². The minimum absolute atomic E-state index is 0.202. The SMILES string of the molecule is CCCNC1(C#N)CCCC1CCSC1CCCC1. The van der Waals surface area contributed by atoms with Gasteiger partial charge in [-0.2, -0.15) is 17.0 Å². The summed E-state index contributed by atoms with van der Waals surface area (Å²) in [5.41, 5.74) is -0.202. The summed E-state index contributed by atoms with van der Waals surface area (Å²) in [5, 5.41) is 14.1. The van der Waals surface area contributed by atoms with Crippen molar-refractivity contribution in [1.82, 2.24) is 5.32 Å². The molecule has 0 aliphatic heterocycles. The van der Waals surface area contributed by atoms with Crippen LogP contribution < -0.4 is 5.32 Å². The van der Waals surface area contributed by atoms with Crippen LogP contribution in [0.3, 0.4) is 0 Å². The highest BCUT2D eigenvalue weighted by molar-refractivity contribution is 7.99. The molecule has 1 N–H and O–H groups in total. The molecule has 0 radical (unpaired) electrons. The first-order chi connectivity index (χ1) is 9.30. The number of rotatable bonds is 7. The molecule has 108 valence electrons. The van der Waals surface area contributed by atoms with Crippen LogP contribution in [0.2, 0.25) is 0 Å². The Bertz CT molecular complexity index is 306. The maximum absolute atomic E-state index is 9.61. The van der Waals surface area contributed by atoms with Gasteiger partial charge in [0.2, 0.25) is 0 Å². The van der Waals surface area contributed by atoms with Gasteiger partial charge < -0.3 is 0 Å². The minimum Gasteiger partial charge on any atom is -0.299 e. The Labute approximate surface area is 122 Å². The van der Waals surface area contributed by atoms with Crippen LogP contribution in [-0.2, 0) is 0 Å². The molecule has 0 aromatic carbocycles. The first-order valence-electron chi connectivity index (χ1n) is 8.08. The van der Waals surface area contributed by atoms with Crippen LogP contribution in [0.4, 0.5) is 0 Å². The Hall–Kier alpha value is -0.200. The lowest BCUT2D eigenvalue weighted by Crippen LogP contribution is -2.47. The van der Waals surface area contributed by atoms with Crippen molar-refractivity contribution in [3.8, 4) is 6.07 Å². The van der Waals surface area contributed by atoms with Gasteiger partial charge >= 0.3 is 0 Å². The molecule has 0 saturated heterocycles. The Morgan fingerprint density at radius 2 is 2.05 bits per heavy atom. The zero-order chi connectivity index (χ0) is 13.6. The summed E-state index contributed by atoms with van der Waals surface area (Å²) in [5.74, 6) is 1.84. The van der Waals surface area contributed by atoms with Crippen molar-refractivity contribution in [3.63, 3.8) is 0 Å². The molecular formula is C16H28N2S. The quantitative estimate of drug-likeness (QED) is 0.762. The van der Waals surface area contributed by atoms with E-state index in [1.165, 1.54) is 50.7 Å². The molecule has 0 bridgehead atoms. The molecule has 2 fully saturated rings. The predicted molar refractivity (Wildman–Crippen MR) is 83.3 cm³/mol. The lowest BCUT2D eigenvalue weighted by atomic mass is 9.86. The molecule has 2 aliphatic rings. The fourth-order valence-electron chi connectivity index (χ4n) is 3.67. The Morgan fingerprint density at radius 1 is 1.26 bits per heavy atom. The zero-order valence-electron chi connectivity index (χ0n) is 12.3. The van der Waals surface area contributed by atoms with Gasteiger partial charge in [-0.3, -0.25) is 5.32 Å². The van der Waals surface area contributed by atoms with Gasteiger partial charge in [-0.25, -0.2) is 0 Å². The van der Waals surface area contributed by atoms with Crippen molar-refractivity contribution >= 4 is 11.8 Å². The molecule has 19 heavy (non-hydrogen) atoms. The standard InChI is InChI=1S/C16H28N2S/c1-2-11-18-16(13-17)10-5-6-14(16)9-12-19-15-7-3-4-8-15/h14-15,18H,2-12H2,1H3. The number of nitrogens with zero attached hydrogens (tertiary/aromatic N) is 1. The fourth-order valence-corrected chi connectivity index (χ4v) is 5.09. The van der Waals surface area contributed by atoms with Crippen LogP contribution in [-0.4, -0.2) is 23.1 Å². The molecule has 2 unspecified atom stereocenters. The van der Waals surface area contributed by atoms with Crippen LogP contribution in [0.1, 0.15) is 64.7 Å². The van der Waals surface area contributed by atoms with E-state index in [4.69, 9.17) is 0 Å². The molecule has 2 nitrogen and oxygen atoms in total. The van der Waals surface area contributed by atoms with E-state index in [0.717, 1.165) is 24.6 Å². The average molecular weight is 280 g/mol. The average Bonchev–Trinajstić information content (AvgIpc) is 3.07. The number of nitrogens with one attached hydrogen (secondary N) is 1. The third-order valence-electron chi connectivity index (χ3n) is 4.83. The summed E-state index contributed by atoms with van der Waals surface area (Å²) < 4.78 is 0. The first kappa shape index (κ1) is 15.2. The largest absolute Gasteiger partial charge is 0.299 e. The van der Waals surface area contributed by atoms with Gasteiger partial charge in [0.25, 0.3) is 0 Å². The molecule has 0 amide bonds. The minimum atomic E-state index is -0.202. The number of thioether (sulfide) groups is 1. The van der Waals surface area contributed by atoms with Crippen molar-refractivity contribution in [3.05, 3.63) is 0 Å². The lowest BCUT2D eigenvalue weighted by molar-refractivity contribution is 0.311. The van der Waals surface area contributed by atoms with E-state index in [1.807, 2.05) is 0 Å². The van der Waals surface area contributed by atoms with Crippen molar-refractivity contribution in [2.75, 3.05) is 12.3 Å². The molecule has 2 atom stereocenters. The van der Waals surface area contributed by atoms with Gasteiger partial charge in [-0.05, 0) is 56.7 Å². The normalized spacial score (nSPS) is 31.7. The fraction of sp³-hybridized carbons (Fsp3) is 0.938. The number of hydrogen-bond donors (Lipinski definition) is 1. The van der Waals surface area contributed by atoms with Crippen LogP contribution in [0, 0.1) is 17.2 Å². The number of hydrogen-bond acceptors (Lipinski definition) is 3. The topological polar surface area (TPSA) is 35.8 Å². The van der Waals surface area contributed by atoms with E-state index in [1.54, 1.807) is 0 Å². The molecule has 0 aromatic heterocycles. The molecule has 2 rings (SSSR count). The summed E-state index contributed by atoms with van der Waals surface area (Å²) >= 11 is 2.17. The summed E-state index contributed by atoms with van der Waals surface area (Å²) in [6.45, 7) is 3.16. The van der Waals surface area contributed by atoms with Crippen LogP contribution in [0.25, 0.3) is 0 Å². The monoisotopic (exact) mass is 280 g/mol. The Balaban J connectivity index is 1.78. The molecule has 0 spiro atoms. The van der Waals surface area contributed by atoms with E-state index in [0.29, 0.717) is 5.92 Å². The van der Waals surface area contributed by atoms with E-state index in [9.17, 15) is 5.26 Å². The van der Waals surface area contributed by atoms with Gasteiger partial charge in [0.15, 0.2) is 0 Å². The van der Waals surface area contributed by atoms with Gasteiger partial charge in [0.05, 0.1) is 6.07 Å². The van der Waals surface area contributed by atoms with Crippen molar-refractivity contribution in [1.29, 1.82) is 5.26 Å². The van der Waals surface area contributed by atoms with Crippen molar-refractivity contribution in [2.45, 2.75) is 75.5 Å². The molecular weight excluding hydrogens is 252 g/mol. The molecule has 0 heterocycles. The summed E-state index contributed by atoms with van der Waals surface area (Å²) in [6.07, 6.45) is 11.6. The third kappa shape index (κ3) is 3.89. The maximum atomic E-state index is 9.61. The van der Waals surface area contributed by atoms with Crippen LogP contribution in [0.15, 0.2) is 0 Å². The smallest absolute Gasteiger partial charge is 0.109 e. The van der Waals surface area contributed by atoms with E-state index < -0.39 is 0 Å². The summed E-state index contributed by atoms with van der Waals surface area (Å²) in [4.78, 5) is 0. The van der Waals surface area contributed by atoms with E-state index in [-0.39, 0.29) is 5.54 Å². The summed E-state index contributed by atoms with van der Waals surface area (Å²) in [7, 11) is 0. The highest BCUT2D eigenvalue weighted by Gasteiger charge is 2.42. The molecule has 2 aliphatic carbocycles. The van der Waals surface area contributed by atoms with Crippen LogP contribution in [0.5, 0.6) is 0 Å². The lowest BCUT2D eigenvalue weighted by Gasteiger charge is -2.30. The van der Waals surface area contributed by atoms with E-state index >= 15 is 0 Å². The Kier molecular flexibility index (Phi) is 6.04. The maximum Gasteiger partial charge on any atom is 0.109 e. The van der Waals surface area contributed by atoms with Crippen LogP contribution >= 0.6 is 11.8 Å². The van der Waals surface area contributed by atoms with Crippen molar-refractivity contribution < 1.29 is 0 Å². The van der Waals surface area contributed by atoms with Crippen molar-refractivity contribution in [2.24, 2.45) is 5.92 Å². The first-order valence-corrected chi connectivity index (χ1v) is 9.13. The van der Waals surface area contributed by atoms with Gasteiger partial charge in [-0.15, -0.1) is 0 Å². The van der Waals surface area contributed by atoms with Gasteiger partial charge in [0.1, 0.15) is 5.54 Å². The summed E-state index contributed by atoms with van der Waals surface area (Å²) in [6, 6.07) is 2.62. The molecule has 3 heteroatoms. The highest BCUT2D eigenvalue weighted by Crippen LogP contribution is 2.39. The number of nitriles is 1. The van der Waals surface area contributed by atoms with Gasteiger partial charge in [-0.1, -0.05) is 26.2 Å². The third-order valence-corrected chi connectivity index (χ3v) is 6.25. The second-order valence-corrected chi connectivity index (χ2v) is 7.57. The Morgan fingerprint density at radius 3 is 2.74 bits per heavy atom. The van der Waals surface area contributed by atoms with E-state index in [2.05, 4.69) is 30.1 Å². The second kappa shape index (κ2) is 7.55. The second-order valence-electron chi connectivity index (χ2n) is 6.17. The molecule has 0 aromatic rings.